The van der Waals surface area contributed by atoms with Crippen molar-refractivity contribution in [1.82, 2.24) is 4.57 Å². The lowest BCUT2D eigenvalue weighted by atomic mass is 10.2. The number of nitrogens with zero attached hydrogens (tertiary/aromatic N) is 1. The van der Waals surface area contributed by atoms with Crippen LogP contribution >= 0.6 is 11.6 Å². The van der Waals surface area contributed by atoms with Crippen molar-refractivity contribution in [2.24, 2.45) is 5.73 Å². The van der Waals surface area contributed by atoms with Gasteiger partial charge in [-0.1, -0.05) is 17.7 Å². The van der Waals surface area contributed by atoms with Crippen LogP contribution in [0, 0.1) is 0 Å². The predicted octanol–water partition coefficient (Wildman–Crippen LogP) is 3.03. The third-order valence-electron chi connectivity index (χ3n) is 2.61. The molecule has 0 radical (unpaired) electrons. The molecule has 0 aliphatic heterocycles. The highest BCUT2D eigenvalue weighted by molar-refractivity contribution is 6.35. The normalized spacial score (nSPS) is 11.1. The van der Waals surface area contributed by atoms with E-state index >= 15 is 0 Å². The molecule has 1 aromatic heterocycles. The van der Waals surface area contributed by atoms with Crippen molar-refractivity contribution in [2.45, 2.75) is 19.4 Å². The van der Waals surface area contributed by atoms with Gasteiger partial charge < -0.3 is 10.3 Å². The zero-order chi connectivity index (χ0) is 10.7. The maximum atomic E-state index is 6.10. The van der Waals surface area contributed by atoms with Crippen molar-refractivity contribution in [1.29, 1.82) is 0 Å². The minimum absolute atomic E-state index is 0.764. The minimum Gasteiger partial charge on any atom is -0.347 e. The molecule has 1 aromatic carbocycles. The fourth-order valence-corrected chi connectivity index (χ4v) is 2.04. The molecule has 3 heteroatoms. The summed E-state index contributed by atoms with van der Waals surface area (Å²) < 4.78 is 2.23. The van der Waals surface area contributed by atoms with Gasteiger partial charge in [-0.2, -0.15) is 0 Å². The van der Waals surface area contributed by atoms with E-state index in [9.17, 15) is 0 Å². The van der Waals surface area contributed by atoms with Gasteiger partial charge >= 0.3 is 0 Å². The first-order valence-electron chi connectivity index (χ1n) is 5.26. The third kappa shape index (κ3) is 2.16. The number of benzene rings is 1. The highest BCUT2D eigenvalue weighted by atomic mass is 35.5. The molecule has 0 spiro atoms. The molecule has 2 rings (SSSR count). The fourth-order valence-electron chi connectivity index (χ4n) is 1.81. The van der Waals surface area contributed by atoms with Crippen molar-refractivity contribution in [2.75, 3.05) is 6.54 Å². The first-order chi connectivity index (χ1) is 7.33. The van der Waals surface area contributed by atoms with Crippen molar-refractivity contribution in [3.05, 3.63) is 35.5 Å². The molecule has 1 heterocycles. The smallest absolute Gasteiger partial charge is 0.0499 e. The molecular formula is C12H15ClN2. The van der Waals surface area contributed by atoms with E-state index in [0.717, 1.165) is 36.3 Å². The number of hydrogen-bond donors (Lipinski definition) is 1. The van der Waals surface area contributed by atoms with Crippen LogP contribution in [-0.2, 0) is 6.54 Å². The molecule has 0 bridgehead atoms. The van der Waals surface area contributed by atoms with Crippen LogP contribution in [0.15, 0.2) is 30.5 Å². The van der Waals surface area contributed by atoms with Gasteiger partial charge in [-0.15, -0.1) is 0 Å². The van der Waals surface area contributed by atoms with E-state index in [0.29, 0.717) is 0 Å². The molecule has 0 saturated heterocycles. The zero-order valence-electron chi connectivity index (χ0n) is 8.62. The van der Waals surface area contributed by atoms with Gasteiger partial charge in [0.2, 0.25) is 0 Å². The number of hydrogen-bond acceptors (Lipinski definition) is 1. The van der Waals surface area contributed by atoms with E-state index in [4.69, 9.17) is 17.3 Å². The van der Waals surface area contributed by atoms with Crippen molar-refractivity contribution in [3.63, 3.8) is 0 Å². The second-order valence-corrected chi connectivity index (χ2v) is 4.08. The maximum absolute atomic E-state index is 6.10. The number of unbranched alkanes of at least 4 members (excludes halogenated alkanes) is 1. The monoisotopic (exact) mass is 222 g/mol. The highest BCUT2D eigenvalue weighted by Crippen LogP contribution is 2.24. The Labute approximate surface area is 94.6 Å². The van der Waals surface area contributed by atoms with Gasteiger partial charge in [0, 0.05) is 28.7 Å². The van der Waals surface area contributed by atoms with E-state index in [2.05, 4.69) is 22.9 Å². The number of nitrogens with two attached hydrogens (primary N) is 1. The zero-order valence-corrected chi connectivity index (χ0v) is 9.37. The Kier molecular flexibility index (Phi) is 3.29. The predicted molar refractivity (Wildman–Crippen MR) is 65.2 cm³/mol. The van der Waals surface area contributed by atoms with Gasteiger partial charge in [0.05, 0.1) is 0 Å². The number of aryl methyl sites for hydroxylation is 1. The Morgan fingerprint density at radius 3 is 2.87 bits per heavy atom. The lowest BCUT2D eigenvalue weighted by Crippen LogP contribution is -2.02. The van der Waals surface area contributed by atoms with Crippen LogP contribution in [0.4, 0.5) is 0 Å². The molecule has 2 nitrogen and oxygen atoms in total. The second kappa shape index (κ2) is 4.69. The first-order valence-corrected chi connectivity index (χ1v) is 5.64. The molecule has 0 amide bonds. The van der Waals surface area contributed by atoms with Crippen LogP contribution < -0.4 is 5.73 Å². The average molecular weight is 223 g/mol. The molecule has 0 aliphatic rings. The summed E-state index contributed by atoms with van der Waals surface area (Å²) >= 11 is 6.10. The van der Waals surface area contributed by atoms with Crippen LogP contribution in [-0.4, -0.2) is 11.1 Å². The molecule has 0 saturated carbocycles. The van der Waals surface area contributed by atoms with Crippen LogP contribution in [0.2, 0.25) is 5.02 Å². The maximum Gasteiger partial charge on any atom is 0.0499 e. The van der Waals surface area contributed by atoms with Crippen LogP contribution in [0.5, 0.6) is 0 Å². The lowest BCUT2D eigenvalue weighted by Gasteiger charge is -2.04. The Morgan fingerprint density at radius 2 is 2.07 bits per heavy atom. The van der Waals surface area contributed by atoms with Crippen LogP contribution in [0.3, 0.4) is 0 Å². The van der Waals surface area contributed by atoms with E-state index in [-0.39, 0.29) is 0 Å². The summed E-state index contributed by atoms with van der Waals surface area (Å²) in [7, 11) is 0. The minimum atomic E-state index is 0.764. The number of aromatic nitrogens is 1. The number of halogens is 1. The molecule has 2 aromatic rings. The molecular weight excluding hydrogens is 208 g/mol. The highest BCUT2D eigenvalue weighted by Gasteiger charge is 2.02. The molecule has 0 aliphatic carbocycles. The lowest BCUT2D eigenvalue weighted by molar-refractivity contribution is 0.630. The standard InChI is InChI=1S/C12H15ClN2/c13-11-4-3-5-12-10(11)6-9-15(12)8-2-1-7-14/h3-6,9H,1-2,7-8,14H2. The summed E-state index contributed by atoms with van der Waals surface area (Å²) in [6.07, 6.45) is 4.28. The van der Waals surface area contributed by atoms with Gasteiger partial charge in [-0.25, -0.2) is 0 Å². The summed E-state index contributed by atoms with van der Waals surface area (Å²) in [5.74, 6) is 0. The van der Waals surface area contributed by atoms with Gasteiger partial charge in [0.25, 0.3) is 0 Å². The first kappa shape index (κ1) is 10.5. The van der Waals surface area contributed by atoms with Crippen molar-refractivity contribution in [3.8, 4) is 0 Å². The Morgan fingerprint density at radius 1 is 1.20 bits per heavy atom. The van der Waals surface area contributed by atoms with E-state index in [1.807, 2.05) is 12.1 Å². The van der Waals surface area contributed by atoms with Crippen LogP contribution in [0.25, 0.3) is 10.9 Å². The van der Waals surface area contributed by atoms with E-state index in [1.54, 1.807) is 0 Å². The molecule has 0 unspecified atom stereocenters. The summed E-state index contributed by atoms with van der Waals surface area (Å²) in [5, 5.41) is 1.96. The topological polar surface area (TPSA) is 30.9 Å². The number of rotatable bonds is 4. The van der Waals surface area contributed by atoms with Gasteiger partial charge in [-0.3, -0.25) is 0 Å². The van der Waals surface area contributed by atoms with Crippen molar-refractivity contribution >= 4 is 22.5 Å². The van der Waals surface area contributed by atoms with Gasteiger partial charge in [0.1, 0.15) is 0 Å². The second-order valence-electron chi connectivity index (χ2n) is 3.68. The quantitative estimate of drug-likeness (QED) is 0.793. The molecule has 0 fully saturated rings. The van der Waals surface area contributed by atoms with E-state index in [1.165, 1.54) is 5.52 Å². The molecule has 2 N–H and O–H groups in total. The van der Waals surface area contributed by atoms with Crippen LogP contribution in [0.1, 0.15) is 12.8 Å². The summed E-state index contributed by atoms with van der Waals surface area (Å²) in [4.78, 5) is 0. The summed E-state index contributed by atoms with van der Waals surface area (Å²) in [6, 6.07) is 8.09. The summed E-state index contributed by atoms with van der Waals surface area (Å²) in [6.45, 7) is 1.78. The Bertz CT molecular complexity index is 448. The number of fused-ring (bicyclic) bond motifs is 1. The third-order valence-corrected chi connectivity index (χ3v) is 2.94. The Hall–Kier alpha value is -0.990. The average Bonchev–Trinajstić information content (AvgIpc) is 2.64. The van der Waals surface area contributed by atoms with Gasteiger partial charge in [0.15, 0.2) is 0 Å². The summed E-state index contributed by atoms with van der Waals surface area (Å²) in [5.41, 5.74) is 6.68. The van der Waals surface area contributed by atoms with Crippen molar-refractivity contribution < 1.29 is 0 Å². The SMILES string of the molecule is NCCCCn1ccc2c(Cl)cccc21. The van der Waals surface area contributed by atoms with E-state index < -0.39 is 0 Å². The molecule has 0 atom stereocenters. The van der Waals surface area contributed by atoms with Gasteiger partial charge in [-0.05, 0) is 37.6 Å². The molecule has 15 heavy (non-hydrogen) atoms. The Balaban J connectivity index is 2.25. The molecule has 80 valence electrons. The fraction of sp³-hybridized carbons (Fsp3) is 0.333. The largest absolute Gasteiger partial charge is 0.347 e.